The lowest BCUT2D eigenvalue weighted by Gasteiger charge is -2.27. The van der Waals surface area contributed by atoms with E-state index < -0.39 is 0 Å². The van der Waals surface area contributed by atoms with Crippen LogP contribution < -0.4 is 5.32 Å². The van der Waals surface area contributed by atoms with Crippen molar-refractivity contribution in [1.29, 1.82) is 0 Å². The van der Waals surface area contributed by atoms with Crippen molar-refractivity contribution in [2.75, 3.05) is 44.7 Å². The van der Waals surface area contributed by atoms with Crippen LogP contribution in [-0.2, 0) is 14.3 Å². The van der Waals surface area contributed by atoms with Gasteiger partial charge in [-0.1, -0.05) is 36.4 Å². The Morgan fingerprint density at radius 1 is 0.903 bits per heavy atom. The average molecular weight is 420 g/mol. The number of rotatable bonds is 7. The standard InChI is InChI=1S/C25H29N3O3/c1-18-9-10-20(17-19(18)2)22-23(26-21-7-4-3-5-8-21)25(30)28(24(22)29)12-6-11-27-13-15-31-16-14-27/h3-5,7-10,17,26H,6,11-16H2,1-2H3. The van der Waals surface area contributed by atoms with Crippen molar-refractivity contribution in [3.8, 4) is 0 Å². The number of imide groups is 1. The van der Waals surface area contributed by atoms with E-state index in [2.05, 4.69) is 10.2 Å². The third-order valence-electron chi connectivity index (χ3n) is 5.97. The molecule has 2 aromatic rings. The summed E-state index contributed by atoms with van der Waals surface area (Å²) in [5, 5.41) is 3.21. The predicted octanol–water partition coefficient (Wildman–Crippen LogP) is 3.22. The Hall–Kier alpha value is -2.96. The Bertz CT molecular complexity index is 994. The third kappa shape index (κ3) is 4.70. The molecule has 2 aliphatic heterocycles. The number of amides is 2. The Balaban J connectivity index is 1.57. The molecule has 1 fully saturated rings. The fourth-order valence-corrected chi connectivity index (χ4v) is 4.00. The number of hydrogen-bond donors (Lipinski definition) is 1. The molecular weight excluding hydrogens is 390 g/mol. The highest BCUT2D eigenvalue weighted by molar-refractivity contribution is 6.36. The molecule has 1 N–H and O–H groups in total. The first-order valence-electron chi connectivity index (χ1n) is 10.8. The molecule has 2 heterocycles. The van der Waals surface area contributed by atoms with Crippen LogP contribution in [-0.4, -0.2) is 61.0 Å². The second-order valence-electron chi connectivity index (χ2n) is 8.11. The molecule has 0 unspecified atom stereocenters. The van der Waals surface area contributed by atoms with Crippen molar-refractivity contribution in [3.63, 3.8) is 0 Å². The van der Waals surface area contributed by atoms with E-state index in [0.29, 0.717) is 17.8 Å². The topological polar surface area (TPSA) is 61.9 Å². The molecule has 0 bridgehead atoms. The van der Waals surface area contributed by atoms with Gasteiger partial charge in [-0.2, -0.15) is 0 Å². The Labute approximate surface area is 183 Å². The van der Waals surface area contributed by atoms with Gasteiger partial charge in [0.05, 0.1) is 18.8 Å². The van der Waals surface area contributed by atoms with Crippen molar-refractivity contribution in [2.24, 2.45) is 0 Å². The summed E-state index contributed by atoms with van der Waals surface area (Å²) in [4.78, 5) is 30.4. The van der Waals surface area contributed by atoms with Gasteiger partial charge in [-0.05, 0) is 49.1 Å². The predicted molar refractivity (Wildman–Crippen MR) is 121 cm³/mol. The first-order chi connectivity index (χ1) is 15.0. The molecule has 0 atom stereocenters. The normalized spacial score (nSPS) is 17.5. The van der Waals surface area contributed by atoms with Gasteiger partial charge in [-0.15, -0.1) is 0 Å². The molecule has 4 rings (SSSR count). The molecule has 0 aliphatic carbocycles. The smallest absolute Gasteiger partial charge is 0.278 e. The van der Waals surface area contributed by atoms with Crippen molar-refractivity contribution in [3.05, 3.63) is 70.9 Å². The zero-order valence-electron chi connectivity index (χ0n) is 18.2. The molecule has 31 heavy (non-hydrogen) atoms. The largest absolute Gasteiger partial charge is 0.379 e. The van der Waals surface area contributed by atoms with Crippen LogP contribution in [0.25, 0.3) is 5.57 Å². The minimum Gasteiger partial charge on any atom is -0.379 e. The zero-order chi connectivity index (χ0) is 21.8. The number of benzene rings is 2. The van der Waals surface area contributed by atoms with Crippen LogP contribution in [0.1, 0.15) is 23.1 Å². The van der Waals surface area contributed by atoms with Crippen LogP contribution in [0.15, 0.2) is 54.2 Å². The first-order valence-corrected chi connectivity index (χ1v) is 10.8. The molecule has 0 saturated carbocycles. The maximum atomic E-state index is 13.4. The van der Waals surface area contributed by atoms with Gasteiger partial charge >= 0.3 is 0 Å². The first kappa shape index (κ1) is 21.3. The van der Waals surface area contributed by atoms with Crippen LogP contribution in [0, 0.1) is 13.8 Å². The third-order valence-corrected chi connectivity index (χ3v) is 5.97. The molecule has 2 aliphatic rings. The molecule has 0 spiro atoms. The number of nitrogens with one attached hydrogen (secondary N) is 1. The van der Waals surface area contributed by atoms with Crippen LogP contribution in [0.5, 0.6) is 0 Å². The van der Waals surface area contributed by atoms with E-state index in [0.717, 1.165) is 61.6 Å². The summed E-state index contributed by atoms with van der Waals surface area (Å²) in [6, 6.07) is 15.4. The highest BCUT2D eigenvalue weighted by Crippen LogP contribution is 2.31. The van der Waals surface area contributed by atoms with Crippen LogP contribution in [0.3, 0.4) is 0 Å². The lowest BCUT2D eigenvalue weighted by molar-refractivity contribution is -0.136. The number of nitrogens with zero attached hydrogens (tertiary/aromatic N) is 2. The second-order valence-corrected chi connectivity index (χ2v) is 8.11. The van der Waals surface area contributed by atoms with E-state index >= 15 is 0 Å². The number of hydrogen-bond acceptors (Lipinski definition) is 5. The average Bonchev–Trinajstić information content (AvgIpc) is 3.01. The molecule has 6 heteroatoms. The lowest BCUT2D eigenvalue weighted by Crippen LogP contribution is -2.39. The fourth-order valence-electron chi connectivity index (χ4n) is 4.00. The summed E-state index contributed by atoms with van der Waals surface area (Å²) in [5.41, 5.74) is 4.61. The SMILES string of the molecule is Cc1ccc(C2=C(Nc3ccccc3)C(=O)N(CCCN3CCOCC3)C2=O)cc1C. The summed E-state index contributed by atoms with van der Waals surface area (Å²) in [5.74, 6) is -0.488. The number of anilines is 1. The van der Waals surface area contributed by atoms with E-state index in [-0.39, 0.29) is 11.8 Å². The molecule has 2 aromatic carbocycles. The minimum atomic E-state index is -0.260. The van der Waals surface area contributed by atoms with Crippen molar-refractivity contribution >= 4 is 23.1 Å². The summed E-state index contributed by atoms with van der Waals surface area (Å²) in [6.07, 6.45) is 0.746. The van der Waals surface area contributed by atoms with Crippen molar-refractivity contribution < 1.29 is 14.3 Å². The number of ether oxygens (including phenoxy) is 1. The van der Waals surface area contributed by atoms with Gasteiger partial charge in [0.1, 0.15) is 5.70 Å². The molecule has 1 saturated heterocycles. The summed E-state index contributed by atoms with van der Waals surface area (Å²) in [7, 11) is 0. The van der Waals surface area contributed by atoms with Crippen LogP contribution in [0.4, 0.5) is 5.69 Å². The molecule has 162 valence electrons. The quantitative estimate of drug-likeness (QED) is 0.699. The Kier molecular flexibility index (Phi) is 6.49. The number of para-hydroxylation sites is 1. The zero-order valence-corrected chi connectivity index (χ0v) is 18.2. The van der Waals surface area contributed by atoms with Gasteiger partial charge in [0, 0.05) is 31.9 Å². The molecule has 0 radical (unpaired) electrons. The highest BCUT2D eigenvalue weighted by atomic mass is 16.5. The summed E-state index contributed by atoms with van der Waals surface area (Å²) in [6.45, 7) is 8.59. The Morgan fingerprint density at radius 3 is 2.35 bits per heavy atom. The van der Waals surface area contributed by atoms with Gasteiger partial charge in [0.2, 0.25) is 0 Å². The van der Waals surface area contributed by atoms with Crippen LogP contribution >= 0.6 is 0 Å². The van der Waals surface area contributed by atoms with Gasteiger partial charge in [-0.25, -0.2) is 0 Å². The van der Waals surface area contributed by atoms with Gasteiger partial charge < -0.3 is 10.1 Å². The highest BCUT2D eigenvalue weighted by Gasteiger charge is 2.39. The number of aryl methyl sites for hydroxylation is 2. The molecule has 6 nitrogen and oxygen atoms in total. The van der Waals surface area contributed by atoms with E-state index in [9.17, 15) is 9.59 Å². The molecular formula is C25H29N3O3. The summed E-state index contributed by atoms with van der Waals surface area (Å²) >= 11 is 0. The van der Waals surface area contributed by atoms with E-state index in [1.807, 2.05) is 62.4 Å². The maximum Gasteiger partial charge on any atom is 0.278 e. The number of morpholine rings is 1. The van der Waals surface area contributed by atoms with Gasteiger partial charge in [0.25, 0.3) is 11.8 Å². The van der Waals surface area contributed by atoms with Crippen molar-refractivity contribution in [2.45, 2.75) is 20.3 Å². The molecule has 2 amide bonds. The van der Waals surface area contributed by atoms with Crippen molar-refractivity contribution in [1.82, 2.24) is 9.80 Å². The number of carbonyl (C=O) groups is 2. The van der Waals surface area contributed by atoms with Gasteiger partial charge in [0.15, 0.2) is 0 Å². The van der Waals surface area contributed by atoms with E-state index in [4.69, 9.17) is 4.74 Å². The summed E-state index contributed by atoms with van der Waals surface area (Å²) < 4.78 is 5.39. The maximum absolute atomic E-state index is 13.4. The van der Waals surface area contributed by atoms with E-state index in [1.165, 1.54) is 4.90 Å². The molecule has 0 aromatic heterocycles. The van der Waals surface area contributed by atoms with E-state index in [1.54, 1.807) is 0 Å². The second kappa shape index (κ2) is 9.45. The van der Waals surface area contributed by atoms with Gasteiger partial charge in [-0.3, -0.25) is 19.4 Å². The minimum absolute atomic E-state index is 0.228. The monoisotopic (exact) mass is 419 g/mol. The number of carbonyl (C=O) groups excluding carboxylic acids is 2. The lowest BCUT2D eigenvalue weighted by atomic mass is 9.99. The van der Waals surface area contributed by atoms with Crippen LogP contribution in [0.2, 0.25) is 0 Å². The fraction of sp³-hybridized carbons (Fsp3) is 0.360. The Morgan fingerprint density at radius 2 is 1.65 bits per heavy atom.